The van der Waals surface area contributed by atoms with E-state index in [0.717, 1.165) is 12.1 Å². The minimum Gasteiger partial charge on any atom is -0.502 e. The quantitative estimate of drug-likeness (QED) is 0.499. The molecule has 6 nitrogen and oxygen atoms in total. The van der Waals surface area contributed by atoms with E-state index >= 15 is 0 Å². The van der Waals surface area contributed by atoms with E-state index in [0.29, 0.717) is 4.47 Å². The summed E-state index contributed by atoms with van der Waals surface area (Å²) < 4.78 is 0.418. The second-order valence-corrected chi connectivity index (χ2v) is 3.77. The Morgan fingerprint density at radius 2 is 2.19 bits per heavy atom. The molecule has 0 heterocycles. The summed E-state index contributed by atoms with van der Waals surface area (Å²) >= 11 is 3.06. The fourth-order valence-electron chi connectivity index (χ4n) is 1.04. The number of benzene rings is 1. The minimum atomic E-state index is -0.721. The minimum absolute atomic E-state index is 0.139. The third-order valence-corrected chi connectivity index (χ3v) is 2.17. The predicted octanol–water partition coefficient (Wildman–Crippen LogP) is 1.56. The predicted molar refractivity (Wildman–Crippen MR) is 60.7 cm³/mol. The van der Waals surface area contributed by atoms with Gasteiger partial charge in [-0.2, -0.15) is 0 Å². The molecule has 0 aliphatic heterocycles. The van der Waals surface area contributed by atoms with Crippen LogP contribution >= 0.6 is 15.9 Å². The van der Waals surface area contributed by atoms with Crippen molar-refractivity contribution in [3.8, 4) is 5.75 Å². The first-order valence-electron chi connectivity index (χ1n) is 4.06. The average molecular weight is 287 g/mol. The molecule has 0 saturated carbocycles. The van der Waals surface area contributed by atoms with E-state index in [1.807, 2.05) is 0 Å². The van der Waals surface area contributed by atoms with Gasteiger partial charge in [0.15, 0.2) is 0 Å². The van der Waals surface area contributed by atoms with Crippen molar-refractivity contribution in [2.24, 2.45) is 5.73 Å². The maximum atomic E-state index is 10.6. The standard InChI is InChI=1S/C9H7BrN2O4/c10-6-3-5(1-2-8(11)13)9(14)7(4-6)12(15)16/h1-4,14H,(H2,11,13)/b2-1-. The van der Waals surface area contributed by atoms with Crippen molar-refractivity contribution >= 4 is 33.6 Å². The number of rotatable bonds is 3. The van der Waals surface area contributed by atoms with Gasteiger partial charge in [-0.1, -0.05) is 15.9 Å². The van der Waals surface area contributed by atoms with E-state index in [-0.39, 0.29) is 5.56 Å². The number of hydrogen-bond acceptors (Lipinski definition) is 4. The van der Waals surface area contributed by atoms with Crippen LogP contribution in [0, 0.1) is 10.1 Å². The molecule has 0 aliphatic rings. The number of primary amides is 1. The zero-order valence-corrected chi connectivity index (χ0v) is 9.47. The average Bonchev–Trinajstić information content (AvgIpc) is 2.18. The first-order chi connectivity index (χ1) is 7.41. The van der Waals surface area contributed by atoms with Gasteiger partial charge in [-0.15, -0.1) is 0 Å². The van der Waals surface area contributed by atoms with Crippen LogP contribution in [-0.4, -0.2) is 15.9 Å². The van der Waals surface area contributed by atoms with Crippen molar-refractivity contribution in [3.63, 3.8) is 0 Å². The lowest BCUT2D eigenvalue weighted by Crippen LogP contribution is -2.05. The second-order valence-electron chi connectivity index (χ2n) is 2.86. The van der Waals surface area contributed by atoms with E-state index in [1.54, 1.807) is 0 Å². The molecule has 7 heteroatoms. The molecule has 0 atom stereocenters. The van der Waals surface area contributed by atoms with Gasteiger partial charge in [0.1, 0.15) is 0 Å². The smallest absolute Gasteiger partial charge is 0.312 e. The zero-order valence-electron chi connectivity index (χ0n) is 7.88. The Morgan fingerprint density at radius 3 is 2.69 bits per heavy atom. The van der Waals surface area contributed by atoms with Gasteiger partial charge in [0.2, 0.25) is 11.7 Å². The number of carbonyl (C=O) groups excluding carboxylic acids is 1. The molecule has 0 radical (unpaired) electrons. The molecule has 0 fully saturated rings. The van der Waals surface area contributed by atoms with Crippen LogP contribution in [0.2, 0.25) is 0 Å². The summed E-state index contributed by atoms with van der Waals surface area (Å²) in [7, 11) is 0. The van der Waals surface area contributed by atoms with Gasteiger partial charge in [0.05, 0.1) is 4.92 Å². The second kappa shape index (κ2) is 4.75. The SMILES string of the molecule is NC(=O)/C=C\c1cc(Br)cc([N+](=O)[O-])c1O. The third-order valence-electron chi connectivity index (χ3n) is 1.71. The molecule has 0 saturated heterocycles. The van der Waals surface area contributed by atoms with Crippen LogP contribution in [0.25, 0.3) is 6.08 Å². The molecule has 1 aromatic carbocycles. The molecule has 0 aliphatic carbocycles. The van der Waals surface area contributed by atoms with Gasteiger partial charge in [-0.05, 0) is 12.1 Å². The number of phenolic OH excluding ortho intramolecular Hbond substituents is 1. The Balaban J connectivity index is 3.29. The largest absolute Gasteiger partial charge is 0.502 e. The summed E-state index contributed by atoms with van der Waals surface area (Å²) in [6.45, 7) is 0. The number of nitro benzene ring substituents is 1. The van der Waals surface area contributed by atoms with Crippen LogP contribution in [-0.2, 0) is 4.79 Å². The molecule has 0 bridgehead atoms. The number of hydrogen-bond donors (Lipinski definition) is 2. The Kier molecular flexibility index (Phi) is 3.62. The van der Waals surface area contributed by atoms with Crippen molar-refractivity contribution in [2.75, 3.05) is 0 Å². The van der Waals surface area contributed by atoms with E-state index in [9.17, 15) is 20.0 Å². The number of amides is 1. The lowest BCUT2D eigenvalue weighted by atomic mass is 10.1. The Bertz CT molecular complexity index is 485. The van der Waals surface area contributed by atoms with Gasteiger partial charge in [0, 0.05) is 22.2 Å². The summed E-state index contributed by atoms with van der Waals surface area (Å²) in [5.41, 5.74) is 4.57. The highest BCUT2D eigenvalue weighted by Crippen LogP contribution is 2.33. The molecule has 16 heavy (non-hydrogen) atoms. The summed E-state index contributed by atoms with van der Waals surface area (Å²) in [6, 6.07) is 2.60. The zero-order chi connectivity index (χ0) is 12.3. The van der Waals surface area contributed by atoms with Crippen LogP contribution < -0.4 is 5.73 Å². The van der Waals surface area contributed by atoms with E-state index in [4.69, 9.17) is 5.73 Å². The highest BCUT2D eigenvalue weighted by molar-refractivity contribution is 9.10. The topological polar surface area (TPSA) is 106 Å². The molecular formula is C9H7BrN2O4. The molecule has 3 N–H and O–H groups in total. The summed E-state index contributed by atoms with van der Waals surface area (Å²) in [5, 5.41) is 20.1. The molecule has 0 aromatic heterocycles. The number of nitrogens with zero attached hydrogens (tertiary/aromatic N) is 1. The number of halogens is 1. The molecular weight excluding hydrogens is 280 g/mol. The van der Waals surface area contributed by atoms with Crippen molar-refractivity contribution in [3.05, 3.63) is 38.4 Å². The van der Waals surface area contributed by atoms with Gasteiger partial charge in [-0.3, -0.25) is 14.9 Å². The number of phenols is 1. The maximum Gasteiger partial charge on any atom is 0.312 e. The summed E-state index contributed by atoms with van der Waals surface area (Å²) in [5.74, 6) is -1.22. The highest BCUT2D eigenvalue weighted by Gasteiger charge is 2.17. The highest BCUT2D eigenvalue weighted by atomic mass is 79.9. The third kappa shape index (κ3) is 2.80. The van der Waals surface area contributed by atoms with Crippen LogP contribution in [0.4, 0.5) is 5.69 Å². The first kappa shape index (κ1) is 12.2. The molecule has 1 aromatic rings. The lowest BCUT2D eigenvalue weighted by molar-refractivity contribution is -0.385. The fourth-order valence-corrected chi connectivity index (χ4v) is 1.51. The summed E-state index contributed by atoms with van der Waals surface area (Å²) in [6.07, 6.45) is 2.21. The number of aromatic hydroxyl groups is 1. The van der Waals surface area contributed by atoms with Gasteiger partial charge in [0.25, 0.3) is 0 Å². The van der Waals surface area contributed by atoms with Crippen LogP contribution in [0.15, 0.2) is 22.7 Å². The van der Waals surface area contributed by atoms with Crippen molar-refractivity contribution in [2.45, 2.75) is 0 Å². The van der Waals surface area contributed by atoms with E-state index in [2.05, 4.69) is 15.9 Å². The first-order valence-corrected chi connectivity index (χ1v) is 4.85. The van der Waals surface area contributed by atoms with Crippen LogP contribution in [0.3, 0.4) is 0 Å². The Labute approximate surface area is 98.7 Å². The number of nitrogens with two attached hydrogens (primary N) is 1. The molecule has 1 rings (SSSR count). The number of carbonyl (C=O) groups is 1. The van der Waals surface area contributed by atoms with Gasteiger partial charge >= 0.3 is 5.69 Å². The summed E-state index contributed by atoms with van der Waals surface area (Å²) in [4.78, 5) is 20.3. The van der Waals surface area contributed by atoms with Gasteiger partial charge in [-0.25, -0.2) is 0 Å². The molecule has 0 unspecified atom stereocenters. The maximum absolute atomic E-state index is 10.6. The molecule has 84 valence electrons. The Hall–Kier alpha value is -1.89. The van der Waals surface area contributed by atoms with E-state index in [1.165, 1.54) is 12.1 Å². The van der Waals surface area contributed by atoms with Crippen LogP contribution in [0.1, 0.15) is 5.56 Å². The monoisotopic (exact) mass is 286 g/mol. The Morgan fingerprint density at radius 1 is 1.56 bits per heavy atom. The van der Waals surface area contributed by atoms with Gasteiger partial charge < -0.3 is 10.8 Å². The van der Waals surface area contributed by atoms with E-state index < -0.39 is 22.3 Å². The normalized spacial score (nSPS) is 10.6. The van der Waals surface area contributed by atoms with Crippen LogP contribution in [0.5, 0.6) is 5.75 Å². The van der Waals surface area contributed by atoms with Crippen molar-refractivity contribution in [1.82, 2.24) is 0 Å². The van der Waals surface area contributed by atoms with Crippen molar-refractivity contribution in [1.29, 1.82) is 0 Å². The lowest BCUT2D eigenvalue weighted by Gasteiger charge is -2.01. The van der Waals surface area contributed by atoms with Crippen molar-refractivity contribution < 1.29 is 14.8 Å². The molecule has 1 amide bonds. The fraction of sp³-hybridized carbons (Fsp3) is 0. The molecule has 0 spiro atoms. The number of nitro groups is 1.